The van der Waals surface area contributed by atoms with Gasteiger partial charge in [0.25, 0.3) is 0 Å². The summed E-state index contributed by atoms with van der Waals surface area (Å²) in [6.07, 6.45) is 2.63. The predicted molar refractivity (Wildman–Crippen MR) is 114 cm³/mol. The maximum absolute atomic E-state index is 12.9. The number of piperazine rings is 1. The summed E-state index contributed by atoms with van der Waals surface area (Å²) in [5.74, 6) is 0.505. The lowest BCUT2D eigenvalue weighted by atomic mass is 10.1. The van der Waals surface area contributed by atoms with Crippen LogP contribution in [-0.4, -0.2) is 103 Å². The quantitative estimate of drug-likeness (QED) is 0.630. The molecule has 0 saturated carbocycles. The highest BCUT2D eigenvalue weighted by molar-refractivity contribution is 7.98. The van der Waals surface area contributed by atoms with E-state index in [1.54, 1.807) is 4.90 Å². The van der Waals surface area contributed by atoms with E-state index in [-0.39, 0.29) is 25.1 Å². The first-order valence-electron chi connectivity index (χ1n) is 9.71. The van der Waals surface area contributed by atoms with Crippen LogP contribution in [0, 0.1) is 0 Å². The highest BCUT2D eigenvalue weighted by Crippen LogP contribution is 2.08. The van der Waals surface area contributed by atoms with Crippen molar-refractivity contribution < 1.29 is 14.7 Å². The molecule has 28 heavy (non-hydrogen) atoms. The average Bonchev–Trinajstić information content (AvgIpc) is 2.71. The van der Waals surface area contributed by atoms with Gasteiger partial charge in [-0.25, -0.2) is 4.79 Å². The van der Waals surface area contributed by atoms with Gasteiger partial charge in [0, 0.05) is 45.0 Å². The van der Waals surface area contributed by atoms with E-state index in [4.69, 9.17) is 0 Å². The lowest BCUT2D eigenvalue weighted by Gasteiger charge is -2.35. The Bertz CT molecular complexity index is 609. The van der Waals surface area contributed by atoms with Gasteiger partial charge >= 0.3 is 6.03 Å². The SMILES string of the molecule is CSC[C@H](NC(=O)N(CCO)CCc1ccccc1)C(=O)N1CCN(C)CC1. The predicted octanol–water partition coefficient (Wildman–Crippen LogP) is 0.739. The summed E-state index contributed by atoms with van der Waals surface area (Å²) in [5, 5.41) is 12.3. The van der Waals surface area contributed by atoms with Crippen LogP contribution in [0.2, 0.25) is 0 Å². The number of carbonyl (C=O) groups is 2. The molecular weight excluding hydrogens is 376 g/mol. The Kier molecular flexibility index (Phi) is 9.60. The lowest BCUT2D eigenvalue weighted by molar-refractivity contribution is -0.134. The van der Waals surface area contributed by atoms with Gasteiger partial charge < -0.3 is 25.1 Å². The van der Waals surface area contributed by atoms with Gasteiger partial charge in [0.05, 0.1) is 6.61 Å². The summed E-state index contributed by atoms with van der Waals surface area (Å²) < 4.78 is 0. The number of hydrogen-bond acceptors (Lipinski definition) is 5. The summed E-state index contributed by atoms with van der Waals surface area (Å²) in [6, 6.07) is 9.07. The van der Waals surface area contributed by atoms with Crippen molar-refractivity contribution in [3.8, 4) is 0 Å². The van der Waals surface area contributed by atoms with E-state index in [0.717, 1.165) is 18.7 Å². The van der Waals surface area contributed by atoms with Gasteiger partial charge in [0.1, 0.15) is 6.04 Å². The molecule has 7 nitrogen and oxygen atoms in total. The van der Waals surface area contributed by atoms with E-state index < -0.39 is 6.04 Å². The number of thioether (sulfide) groups is 1. The van der Waals surface area contributed by atoms with Gasteiger partial charge in [0.15, 0.2) is 0 Å². The van der Waals surface area contributed by atoms with E-state index in [1.165, 1.54) is 11.8 Å². The van der Waals surface area contributed by atoms with Crippen molar-refractivity contribution in [3.63, 3.8) is 0 Å². The van der Waals surface area contributed by atoms with E-state index in [9.17, 15) is 14.7 Å². The lowest BCUT2D eigenvalue weighted by Crippen LogP contribution is -2.57. The molecule has 2 N–H and O–H groups in total. The Balaban J connectivity index is 1.95. The van der Waals surface area contributed by atoms with Gasteiger partial charge in [0.2, 0.25) is 5.91 Å². The van der Waals surface area contributed by atoms with E-state index in [2.05, 4.69) is 10.2 Å². The topological polar surface area (TPSA) is 76.1 Å². The van der Waals surface area contributed by atoms with Crippen LogP contribution in [0.5, 0.6) is 0 Å². The fourth-order valence-corrected chi connectivity index (χ4v) is 3.73. The number of rotatable bonds is 9. The van der Waals surface area contributed by atoms with Crippen LogP contribution in [0.25, 0.3) is 0 Å². The van der Waals surface area contributed by atoms with Crippen LogP contribution < -0.4 is 5.32 Å². The molecule has 0 bridgehead atoms. The molecule has 8 heteroatoms. The summed E-state index contributed by atoms with van der Waals surface area (Å²) >= 11 is 1.54. The number of likely N-dealkylation sites (N-methyl/N-ethyl adjacent to an activating group) is 1. The van der Waals surface area contributed by atoms with E-state index >= 15 is 0 Å². The number of benzene rings is 1. The molecule has 1 saturated heterocycles. The second-order valence-electron chi connectivity index (χ2n) is 7.03. The number of carbonyl (C=O) groups excluding carboxylic acids is 2. The molecule has 1 aromatic carbocycles. The molecule has 1 heterocycles. The number of hydrogen-bond donors (Lipinski definition) is 2. The minimum atomic E-state index is -0.552. The molecule has 3 amide bonds. The van der Waals surface area contributed by atoms with Crippen molar-refractivity contribution in [2.24, 2.45) is 0 Å². The van der Waals surface area contributed by atoms with E-state index in [0.29, 0.717) is 31.8 Å². The Morgan fingerprint density at radius 3 is 2.46 bits per heavy atom. The largest absolute Gasteiger partial charge is 0.395 e. The van der Waals surface area contributed by atoms with Crippen molar-refractivity contribution >= 4 is 23.7 Å². The third kappa shape index (κ3) is 7.00. The molecule has 0 spiro atoms. The van der Waals surface area contributed by atoms with Gasteiger partial charge in [-0.3, -0.25) is 4.79 Å². The van der Waals surface area contributed by atoms with Crippen molar-refractivity contribution in [2.75, 3.05) is 64.9 Å². The molecule has 0 unspecified atom stereocenters. The first-order valence-corrected chi connectivity index (χ1v) is 11.1. The van der Waals surface area contributed by atoms with Crippen molar-refractivity contribution in [3.05, 3.63) is 35.9 Å². The minimum Gasteiger partial charge on any atom is -0.395 e. The Morgan fingerprint density at radius 2 is 1.86 bits per heavy atom. The molecule has 1 aliphatic heterocycles. The zero-order valence-corrected chi connectivity index (χ0v) is 17.7. The highest BCUT2D eigenvalue weighted by Gasteiger charge is 2.28. The van der Waals surface area contributed by atoms with Crippen LogP contribution in [0.4, 0.5) is 4.79 Å². The number of nitrogens with one attached hydrogen (secondary N) is 1. The zero-order chi connectivity index (χ0) is 20.4. The van der Waals surface area contributed by atoms with Crippen molar-refractivity contribution in [2.45, 2.75) is 12.5 Å². The molecule has 1 aliphatic rings. The number of amides is 3. The first-order chi connectivity index (χ1) is 13.5. The second-order valence-corrected chi connectivity index (χ2v) is 7.94. The number of nitrogens with zero attached hydrogens (tertiary/aromatic N) is 3. The van der Waals surface area contributed by atoms with Crippen molar-refractivity contribution in [1.82, 2.24) is 20.0 Å². The maximum atomic E-state index is 12.9. The smallest absolute Gasteiger partial charge is 0.318 e. The molecule has 0 aliphatic carbocycles. The van der Waals surface area contributed by atoms with Crippen LogP contribution in [0.1, 0.15) is 5.56 Å². The summed E-state index contributed by atoms with van der Waals surface area (Å²) in [4.78, 5) is 31.3. The fourth-order valence-electron chi connectivity index (χ4n) is 3.17. The van der Waals surface area contributed by atoms with Gasteiger partial charge in [-0.05, 0) is 25.3 Å². The Labute approximate surface area is 172 Å². The van der Waals surface area contributed by atoms with Gasteiger partial charge in [-0.1, -0.05) is 30.3 Å². The average molecular weight is 409 g/mol. The molecule has 0 aromatic heterocycles. The van der Waals surface area contributed by atoms with Crippen LogP contribution in [0.15, 0.2) is 30.3 Å². The maximum Gasteiger partial charge on any atom is 0.318 e. The van der Waals surface area contributed by atoms with E-state index in [1.807, 2.05) is 48.5 Å². The number of aliphatic hydroxyl groups excluding tert-OH is 1. The van der Waals surface area contributed by atoms with Gasteiger partial charge in [-0.15, -0.1) is 0 Å². The molecule has 1 aromatic rings. The van der Waals surface area contributed by atoms with Gasteiger partial charge in [-0.2, -0.15) is 11.8 Å². The zero-order valence-electron chi connectivity index (χ0n) is 16.8. The minimum absolute atomic E-state index is 0.0252. The van der Waals surface area contributed by atoms with Crippen LogP contribution in [0.3, 0.4) is 0 Å². The number of aliphatic hydroxyl groups is 1. The molecule has 2 rings (SSSR count). The fraction of sp³-hybridized carbons (Fsp3) is 0.600. The standard InChI is InChI=1S/C20H32N4O3S/c1-22-10-12-23(13-11-22)19(26)18(16-28-2)21-20(27)24(14-15-25)9-8-17-6-4-3-5-7-17/h3-7,18,25H,8-16H2,1-2H3,(H,21,27)/t18-/m0/s1. The van der Waals surface area contributed by atoms with Crippen LogP contribution in [-0.2, 0) is 11.2 Å². The monoisotopic (exact) mass is 408 g/mol. The Hall–Kier alpha value is -1.77. The third-order valence-electron chi connectivity index (χ3n) is 4.91. The summed E-state index contributed by atoms with van der Waals surface area (Å²) in [6.45, 7) is 3.69. The summed E-state index contributed by atoms with van der Waals surface area (Å²) in [7, 11) is 2.04. The molecule has 0 radical (unpaired) electrons. The normalized spacial score (nSPS) is 15.9. The second kappa shape index (κ2) is 11.9. The third-order valence-corrected chi connectivity index (χ3v) is 5.58. The highest BCUT2D eigenvalue weighted by atomic mass is 32.2. The number of urea groups is 1. The first kappa shape index (κ1) is 22.5. The molecule has 156 valence electrons. The summed E-state index contributed by atoms with van der Waals surface area (Å²) in [5.41, 5.74) is 1.13. The molecule has 1 atom stereocenters. The molecule has 1 fully saturated rings. The molecular formula is C20H32N4O3S. The van der Waals surface area contributed by atoms with Crippen molar-refractivity contribution in [1.29, 1.82) is 0 Å². The Morgan fingerprint density at radius 1 is 1.18 bits per heavy atom. The van der Waals surface area contributed by atoms with Crippen LogP contribution >= 0.6 is 11.8 Å².